The van der Waals surface area contributed by atoms with E-state index in [1.165, 1.54) is 32.1 Å². The highest BCUT2D eigenvalue weighted by atomic mass is 14.5. The second kappa shape index (κ2) is 3.81. The number of hydrogen-bond donors (Lipinski definition) is 0. The molecule has 0 unspecified atom stereocenters. The Morgan fingerprint density at radius 2 is 2.13 bits per heavy atom. The first-order valence-corrected chi connectivity index (χ1v) is 6.40. The van der Waals surface area contributed by atoms with Gasteiger partial charge in [-0.3, -0.25) is 0 Å². The molecule has 0 bridgehead atoms. The van der Waals surface area contributed by atoms with Gasteiger partial charge in [0, 0.05) is 0 Å². The Kier molecular flexibility index (Phi) is 2.79. The average Bonchev–Trinajstić information content (AvgIpc) is 2.50. The van der Waals surface area contributed by atoms with Gasteiger partial charge in [-0.25, -0.2) is 0 Å². The van der Waals surface area contributed by atoms with E-state index in [9.17, 15) is 0 Å². The van der Waals surface area contributed by atoms with Crippen LogP contribution in [0.3, 0.4) is 0 Å². The van der Waals surface area contributed by atoms with Gasteiger partial charge < -0.3 is 0 Å². The zero-order valence-electron chi connectivity index (χ0n) is 10.5. The van der Waals surface area contributed by atoms with Crippen molar-refractivity contribution < 1.29 is 0 Å². The lowest BCUT2D eigenvalue weighted by Gasteiger charge is -2.41. The van der Waals surface area contributed by atoms with E-state index < -0.39 is 0 Å². The van der Waals surface area contributed by atoms with Crippen LogP contribution in [0, 0.1) is 17.3 Å². The third kappa shape index (κ3) is 1.68. The van der Waals surface area contributed by atoms with Crippen molar-refractivity contribution in [3.8, 4) is 0 Å². The molecule has 1 fully saturated rings. The van der Waals surface area contributed by atoms with Crippen LogP contribution >= 0.6 is 0 Å². The summed E-state index contributed by atoms with van der Waals surface area (Å²) in [6.07, 6.45) is 9.04. The summed E-state index contributed by atoms with van der Waals surface area (Å²) in [5.74, 6) is 1.70. The van der Waals surface area contributed by atoms with Crippen molar-refractivity contribution in [3.63, 3.8) is 0 Å². The molecule has 15 heavy (non-hydrogen) atoms. The van der Waals surface area contributed by atoms with Gasteiger partial charge in [-0.05, 0) is 56.3 Å². The van der Waals surface area contributed by atoms with Crippen molar-refractivity contribution in [1.29, 1.82) is 0 Å². The molecule has 0 aliphatic heterocycles. The Bertz CT molecular complexity index is 295. The molecule has 0 heterocycles. The van der Waals surface area contributed by atoms with Crippen LogP contribution in [0.15, 0.2) is 23.8 Å². The topological polar surface area (TPSA) is 0 Å². The van der Waals surface area contributed by atoms with E-state index in [4.69, 9.17) is 0 Å². The molecule has 84 valence electrons. The molecular formula is C15H24. The summed E-state index contributed by atoms with van der Waals surface area (Å²) in [7, 11) is 0. The molecule has 2 atom stereocenters. The zero-order valence-corrected chi connectivity index (χ0v) is 10.5. The Morgan fingerprint density at radius 1 is 1.40 bits per heavy atom. The van der Waals surface area contributed by atoms with Crippen LogP contribution in [-0.4, -0.2) is 0 Å². The van der Waals surface area contributed by atoms with Crippen molar-refractivity contribution >= 4 is 0 Å². The molecule has 0 nitrogen and oxygen atoms in total. The number of rotatable bonds is 1. The second-order valence-corrected chi connectivity index (χ2v) is 5.90. The van der Waals surface area contributed by atoms with Crippen molar-refractivity contribution in [3.05, 3.63) is 23.8 Å². The van der Waals surface area contributed by atoms with Gasteiger partial charge in [0.25, 0.3) is 0 Å². The third-order valence-corrected chi connectivity index (χ3v) is 4.76. The maximum Gasteiger partial charge on any atom is -0.00224 e. The van der Waals surface area contributed by atoms with Crippen LogP contribution in [0.5, 0.6) is 0 Å². The van der Waals surface area contributed by atoms with Crippen LogP contribution in [0.4, 0.5) is 0 Å². The van der Waals surface area contributed by atoms with Crippen molar-refractivity contribution in [1.82, 2.24) is 0 Å². The standard InChI is InChI=1S/C15H24/c1-11(2)14-6-5-13(4)15(14)9-7-12(3)8-10-15/h7,11,14H,4-6,8-10H2,1-3H3/t14-,15-/m1/s1. The fourth-order valence-electron chi connectivity index (χ4n) is 3.73. The van der Waals surface area contributed by atoms with E-state index in [0.29, 0.717) is 5.41 Å². The number of allylic oxidation sites excluding steroid dienone is 3. The highest BCUT2D eigenvalue weighted by Crippen LogP contribution is 2.57. The molecule has 2 aliphatic rings. The summed E-state index contributed by atoms with van der Waals surface area (Å²) in [6, 6.07) is 0. The Balaban J connectivity index is 2.27. The minimum Gasteiger partial charge on any atom is -0.0993 e. The van der Waals surface area contributed by atoms with Gasteiger partial charge in [0.05, 0.1) is 0 Å². The molecule has 0 aromatic heterocycles. The lowest BCUT2D eigenvalue weighted by molar-refractivity contribution is 0.169. The van der Waals surface area contributed by atoms with Crippen LogP contribution in [0.1, 0.15) is 52.9 Å². The summed E-state index contributed by atoms with van der Waals surface area (Å²) in [5, 5.41) is 0. The molecule has 0 amide bonds. The Hall–Kier alpha value is -0.520. The van der Waals surface area contributed by atoms with Gasteiger partial charge in [0.2, 0.25) is 0 Å². The molecule has 2 rings (SSSR count). The molecule has 2 aliphatic carbocycles. The molecule has 1 saturated carbocycles. The maximum absolute atomic E-state index is 4.36. The first-order chi connectivity index (χ1) is 7.06. The largest absolute Gasteiger partial charge is 0.0993 e. The van der Waals surface area contributed by atoms with E-state index in [0.717, 1.165) is 11.8 Å². The second-order valence-electron chi connectivity index (χ2n) is 5.90. The average molecular weight is 204 g/mol. The highest BCUT2D eigenvalue weighted by Gasteiger charge is 2.46. The molecular weight excluding hydrogens is 180 g/mol. The summed E-state index contributed by atoms with van der Waals surface area (Å²) in [5.41, 5.74) is 3.61. The summed E-state index contributed by atoms with van der Waals surface area (Å²) < 4.78 is 0. The van der Waals surface area contributed by atoms with Gasteiger partial charge in [0.1, 0.15) is 0 Å². The van der Waals surface area contributed by atoms with Crippen LogP contribution < -0.4 is 0 Å². The fourth-order valence-corrected chi connectivity index (χ4v) is 3.73. The maximum atomic E-state index is 4.36. The minimum absolute atomic E-state index is 0.480. The van der Waals surface area contributed by atoms with E-state index in [2.05, 4.69) is 33.4 Å². The highest BCUT2D eigenvalue weighted by molar-refractivity contribution is 5.24. The molecule has 0 N–H and O–H groups in total. The Labute approximate surface area is 94.5 Å². The van der Waals surface area contributed by atoms with E-state index in [1.54, 1.807) is 11.1 Å². The lowest BCUT2D eigenvalue weighted by Crippen LogP contribution is -2.31. The van der Waals surface area contributed by atoms with Crippen molar-refractivity contribution in [2.75, 3.05) is 0 Å². The molecule has 0 saturated heterocycles. The first kappa shape index (κ1) is 11.0. The van der Waals surface area contributed by atoms with Gasteiger partial charge in [0.15, 0.2) is 0 Å². The van der Waals surface area contributed by atoms with Crippen LogP contribution in [-0.2, 0) is 0 Å². The van der Waals surface area contributed by atoms with E-state index in [-0.39, 0.29) is 0 Å². The van der Waals surface area contributed by atoms with Crippen LogP contribution in [0.2, 0.25) is 0 Å². The minimum atomic E-state index is 0.480. The van der Waals surface area contributed by atoms with Crippen molar-refractivity contribution in [2.45, 2.75) is 52.9 Å². The van der Waals surface area contributed by atoms with Gasteiger partial charge in [-0.1, -0.05) is 37.6 Å². The SMILES string of the molecule is C=C1CC[C@H](C(C)C)[C@@]12CC=C(C)CC2. The fraction of sp³-hybridized carbons (Fsp3) is 0.733. The first-order valence-electron chi connectivity index (χ1n) is 6.40. The Morgan fingerprint density at radius 3 is 2.67 bits per heavy atom. The predicted molar refractivity (Wildman–Crippen MR) is 66.7 cm³/mol. The molecule has 0 heteroatoms. The molecule has 1 spiro atoms. The number of hydrogen-bond acceptors (Lipinski definition) is 0. The van der Waals surface area contributed by atoms with Crippen LogP contribution in [0.25, 0.3) is 0 Å². The summed E-state index contributed by atoms with van der Waals surface area (Å²) in [4.78, 5) is 0. The van der Waals surface area contributed by atoms with E-state index in [1.807, 2.05) is 0 Å². The summed E-state index contributed by atoms with van der Waals surface area (Å²) in [6.45, 7) is 11.4. The van der Waals surface area contributed by atoms with Gasteiger partial charge >= 0.3 is 0 Å². The van der Waals surface area contributed by atoms with Crippen molar-refractivity contribution in [2.24, 2.45) is 17.3 Å². The summed E-state index contributed by atoms with van der Waals surface area (Å²) >= 11 is 0. The predicted octanol–water partition coefficient (Wildman–Crippen LogP) is 4.73. The molecule has 0 aromatic carbocycles. The van der Waals surface area contributed by atoms with Gasteiger partial charge in [-0.2, -0.15) is 0 Å². The normalized spacial score (nSPS) is 36.4. The smallest absolute Gasteiger partial charge is 0.00224 e. The lowest BCUT2D eigenvalue weighted by atomic mass is 9.64. The molecule has 0 aromatic rings. The third-order valence-electron chi connectivity index (χ3n) is 4.76. The quantitative estimate of drug-likeness (QED) is 0.542. The monoisotopic (exact) mass is 204 g/mol. The zero-order chi connectivity index (χ0) is 11.1. The molecule has 0 radical (unpaired) electrons. The van der Waals surface area contributed by atoms with E-state index >= 15 is 0 Å². The van der Waals surface area contributed by atoms with Gasteiger partial charge in [-0.15, -0.1) is 0 Å².